The molecule has 0 aromatic carbocycles. The lowest BCUT2D eigenvalue weighted by Crippen LogP contribution is -1.96. The molecule has 0 saturated carbocycles. The van der Waals surface area contributed by atoms with E-state index >= 15 is 0 Å². The quantitative estimate of drug-likeness (QED) is 0.417. The highest BCUT2D eigenvalue weighted by Crippen LogP contribution is 2.11. The Hall–Kier alpha value is -0.610. The van der Waals surface area contributed by atoms with E-state index < -0.39 is 0 Å². The number of ether oxygens (including phenoxy) is 1. The van der Waals surface area contributed by atoms with Gasteiger partial charge >= 0.3 is 0 Å². The van der Waals surface area contributed by atoms with Gasteiger partial charge in [-0.25, -0.2) is 4.98 Å². The minimum Gasteiger partial charge on any atom is -0.467 e. The highest BCUT2D eigenvalue weighted by molar-refractivity contribution is 7.09. The molecule has 0 spiro atoms. The highest BCUT2D eigenvalue weighted by atomic mass is 35.5. The van der Waals surface area contributed by atoms with Gasteiger partial charge in [-0.1, -0.05) is 0 Å². The topological polar surface area (TPSA) is 39.2 Å². The van der Waals surface area contributed by atoms with Gasteiger partial charge < -0.3 is 4.74 Å². The minimum atomic E-state index is 0.388. The number of hydrogen-bond donors (Lipinski definition) is 0. The van der Waals surface area contributed by atoms with E-state index in [1.807, 2.05) is 5.38 Å². The van der Waals surface area contributed by atoms with Crippen LogP contribution >= 0.6 is 22.9 Å². The van der Waals surface area contributed by atoms with Crippen LogP contribution in [0.2, 0.25) is 0 Å². The second kappa shape index (κ2) is 5.11. The molecule has 0 bridgehead atoms. The van der Waals surface area contributed by atoms with Crippen molar-refractivity contribution in [3.63, 3.8) is 0 Å². The number of thiazole rings is 1. The van der Waals surface area contributed by atoms with E-state index in [4.69, 9.17) is 11.6 Å². The fourth-order valence-electron chi connectivity index (χ4n) is 0.719. The van der Waals surface area contributed by atoms with Crippen molar-refractivity contribution in [3.8, 4) is 0 Å². The van der Waals surface area contributed by atoms with Gasteiger partial charge in [-0.2, -0.15) is 0 Å². The molecule has 0 aliphatic carbocycles. The number of halogens is 1. The van der Waals surface area contributed by atoms with Crippen LogP contribution in [0.25, 0.3) is 0 Å². The zero-order valence-corrected chi connectivity index (χ0v) is 7.90. The summed E-state index contributed by atoms with van der Waals surface area (Å²) < 4.78 is 4.53. The van der Waals surface area contributed by atoms with Crippen LogP contribution < -0.4 is 0 Å². The highest BCUT2D eigenvalue weighted by Gasteiger charge is 2.00. The molecule has 0 N–H and O–H groups in total. The first-order valence-electron chi connectivity index (χ1n) is 3.41. The molecule has 1 rings (SSSR count). The smallest absolute Gasteiger partial charge is 0.293 e. The lowest BCUT2D eigenvalue weighted by molar-refractivity contribution is -0.128. The maximum absolute atomic E-state index is 9.80. The maximum Gasteiger partial charge on any atom is 0.293 e. The van der Waals surface area contributed by atoms with E-state index in [1.54, 1.807) is 0 Å². The molecule has 12 heavy (non-hydrogen) atoms. The van der Waals surface area contributed by atoms with Crippen LogP contribution in [0.1, 0.15) is 10.7 Å². The Morgan fingerprint density at radius 1 is 1.75 bits per heavy atom. The molecule has 1 aromatic rings. The van der Waals surface area contributed by atoms with Gasteiger partial charge in [0.1, 0.15) is 0 Å². The van der Waals surface area contributed by atoms with Crippen molar-refractivity contribution in [2.75, 3.05) is 6.61 Å². The second-order valence-corrected chi connectivity index (χ2v) is 3.29. The lowest BCUT2D eigenvalue weighted by atomic mass is 10.5. The summed E-state index contributed by atoms with van der Waals surface area (Å²) in [5.41, 5.74) is 0.878. The summed E-state index contributed by atoms with van der Waals surface area (Å²) in [6.45, 7) is 0.828. The summed E-state index contributed by atoms with van der Waals surface area (Å²) in [5.74, 6) is 0.436. The van der Waals surface area contributed by atoms with Gasteiger partial charge in [0.15, 0.2) is 0 Å². The zero-order valence-electron chi connectivity index (χ0n) is 6.33. The largest absolute Gasteiger partial charge is 0.467 e. The molecule has 0 aliphatic heterocycles. The number of alkyl halides is 1. The van der Waals surface area contributed by atoms with Crippen LogP contribution in [0, 0.1) is 0 Å². The summed E-state index contributed by atoms with van der Waals surface area (Å²) >= 11 is 7.09. The van der Waals surface area contributed by atoms with Crippen molar-refractivity contribution in [2.45, 2.75) is 12.3 Å². The summed E-state index contributed by atoms with van der Waals surface area (Å²) in [4.78, 5) is 14.0. The molecule has 0 saturated heterocycles. The van der Waals surface area contributed by atoms with E-state index in [1.165, 1.54) is 11.3 Å². The Morgan fingerprint density at radius 2 is 2.58 bits per heavy atom. The Labute approximate surface area is 79.3 Å². The standard InChI is InChI=1S/C7H8ClNO2S/c8-3-6-4-12-7(9-6)1-2-11-5-10/h4-5H,1-3H2. The zero-order chi connectivity index (χ0) is 8.81. The number of hydrogen-bond acceptors (Lipinski definition) is 4. The van der Waals surface area contributed by atoms with Crippen molar-refractivity contribution in [1.82, 2.24) is 4.98 Å². The summed E-state index contributed by atoms with van der Waals surface area (Å²) in [7, 11) is 0. The summed E-state index contributed by atoms with van der Waals surface area (Å²) in [6.07, 6.45) is 0.667. The predicted octanol–water partition coefficient (Wildman–Crippen LogP) is 1.60. The monoisotopic (exact) mass is 205 g/mol. The molecule has 0 aliphatic rings. The summed E-state index contributed by atoms with van der Waals surface area (Å²) in [6, 6.07) is 0. The normalized spacial score (nSPS) is 9.75. The molecule has 1 heterocycles. The average Bonchev–Trinajstić information content (AvgIpc) is 2.53. The first-order valence-corrected chi connectivity index (χ1v) is 4.82. The van der Waals surface area contributed by atoms with Crippen LogP contribution in [-0.4, -0.2) is 18.1 Å². The van der Waals surface area contributed by atoms with Crippen LogP contribution in [0.5, 0.6) is 0 Å². The van der Waals surface area contributed by atoms with Crippen LogP contribution in [0.3, 0.4) is 0 Å². The number of rotatable bonds is 5. The van der Waals surface area contributed by atoms with Gasteiger partial charge in [0.25, 0.3) is 6.47 Å². The van der Waals surface area contributed by atoms with Crippen molar-refractivity contribution >= 4 is 29.4 Å². The molecule has 5 heteroatoms. The number of carbonyl (C=O) groups is 1. The molecule has 0 unspecified atom stereocenters. The Kier molecular flexibility index (Phi) is 4.04. The molecule has 0 atom stereocenters. The van der Waals surface area contributed by atoms with Crippen molar-refractivity contribution in [3.05, 3.63) is 16.1 Å². The summed E-state index contributed by atoms with van der Waals surface area (Å²) in [5, 5.41) is 2.86. The van der Waals surface area contributed by atoms with Crippen molar-refractivity contribution < 1.29 is 9.53 Å². The fraction of sp³-hybridized carbons (Fsp3) is 0.429. The first-order chi connectivity index (χ1) is 5.86. The van der Waals surface area contributed by atoms with E-state index in [9.17, 15) is 4.79 Å². The maximum atomic E-state index is 9.80. The Balaban J connectivity index is 2.36. The average molecular weight is 206 g/mol. The van der Waals surface area contributed by atoms with Gasteiger partial charge in [0.2, 0.25) is 0 Å². The van der Waals surface area contributed by atoms with Gasteiger partial charge in [-0.3, -0.25) is 4.79 Å². The third-order valence-corrected chi connectivity index (χ3v) is 2.47. The van der Waals surface area contributed by atoms with Crippen LogP contribution in [0.4, 0.5) is 0 Å². The fourth-order valence-corrected chi connectivity index (χ4v) is 1.73. The van der Waals surface area contributed by atoms with Crippen LogP contribution in [0.15, 0.2) is 5.38 Å². The van der Waals surface area contributed by atoms with Gasteiger partial charge in [-0.05, 0) is 0 Å². The molecule has 0 radical (unpaired) electrons. The predicted molar refractivity (Wildman–Crippen MR) is 47.4 cm³/mol. The third kappa shape index (κ3) is 2.79. The second-order valence-electron chi connectivity index (χ2n) is 2.08. The first kappa shape index (κ1) is 9.48. The van der Waals surface area contributed by atoms with Gasteiger partial charge in [0.05, 0.1) is 23.2 Å². The van der Waals surface area contributed by atoms with Gasteiger partial charge in [0, 0.05) is 11.8 Å². The van der Waals surface area contributed by atoms with E-state index in [0.717, 1.165) is 10.7 Å². The van der Waals surface area contributed by atoms with Gasteiger partial charge in [-0.15, -0.1) is 22.9 Å². The van der Waals surface area contributed by atoms with Crippen molar-refractivity contribution in [1.29, 1.82) is 0 Å². The SMILES string of the molecule is O=COCCc1nc(CCl)cs1. The lowest BCUT2D eigenvalue weighted by Gasteiger charge is -1.93. The molecular formula is C7H8ClNO2S. The number of nitrogens with zero attached hydrogens (tertiary/aromatic N) is 1. The Bertz CT molecular complexity index is 251. The Morgan fingerprint density at radius 3 is 3.17 bits per heavy atom. The molecular weight excluding hydrogens is 198 g/mol. The molecule has 3 nitrogen and oxygen atoms in total. The number of carbonyl (C=O) groups excluding carboxylic acids is 1. The molecule has 1 aromatic heterocycles. The van der Waals surface area contributed by atoms with E-state index in [0.29, 0.717) is 25.4 Å². The van der Waals surface area contributed by atoms with Crippen LogP contribution in [-0.2, 0) is 21.8 Å². The number of aromatic nitrogens is 1. The third-order valence-electron chi connectivity index (χ3n) is 1.24. The molecule has 0 amide bonds. The molecule has 66 valence electrons. The van der Waals surface area contributed by atoms with Crippen molar-refractivity contribution in [2.24, 2.45) is 0 Å². The minimum absolute atomic E-state index is 0.388. The van der Waals surface area contributed by atoms with E-state index in [-0.39, 0.29) is 0 Å². The van der Waals surface area contributed by atoms with E-state index in [2.05, 4.69) is 9.72 Å². The molecule has 0 fully saturated rings.